The number of rotatable bonds is 5. The second-order valence-corrected chi connectivity index (χ2v) is 7.82. The highest BCUT2D eigenvalue weighted by molar-refractivity contribution is 7.51. The van der Waals surface area contributed by atoms with Gasteiger partial charge >= 0.3 is 7.60 Å². The van der Waals surface area contributed by atoms with Crippen molar-refractivity contribution in [1.82, 2.24) is 0 Å². The molecule has 0 saturated carbocycles. The van der Waals surface area contributed by atoms with Crippen molar-refractivity contribution >= 4 is 7.60 Å². The maximum atomic E-state index is 10.9. The van der Waals surface area contributed by atoms with Gasteiger partial charge in [-0.1, -0.05) is 17.7 Å². The average molecular weight is 356 g/mol. The summed E-state index contributed by atoms with van der Waals surface area (Å²) in [5, 5.41) is 0. The van der Waals surface area contributed by atoms with Crippen molar-refractivity contribution in [2.75, 3.05) is 6.16 Å². The molecule has 0 fully saturated rings. The average Bonchev–Trinajstić information content (AvgIpc) is 2.61. The van der Waals surface area contributed by atoms with E-state index in [9.17, 15) is 4.57 Å². The topological polar surface area (TPSA) is 65.3 Å². The first-order valence-electron chi connectivity index (χ1n) is 8.03. The van der Waals surface area contributed by atoms with E-state index >= 15 is 0 Å². The lowest BCUT2D eigenvalue weighted by Gasteiger charge is -2.03. The van der Waals surface area contributed by atoms with Crippen LogP contribution in [-0.4, -0.2) is 15.9 Å². The first kappa shape index (κ1) is 17.5. The van der Waals surface area contributed by atoms with Gasteiger partial charge in [0.15, 0.2) is 31.3 Å². The molecule has 2 heterocycles. The van der Waals surface area contributed by atoms with Crippen LogP contribution < -0.4 is 9.13 Å². The zero-order valence-electron chi connectivity index (χ0n) is 14.0. The molecule has 0 aliphatic heterocycles. The number of nitrogens with zero attached hydrogens (tertiary/aromatic N) is 2. The predicted octanol–water partition coefficient (Wildman–Crippen LogP) is 2.40. The molecule has 25 heavy (non-hydrogen) atoms. The Balaban J connectivity index is 1.74. The largest absolute Gasteiger partial charge is 0.331 e. The zero-order chi connectivity index (χ0) is 17.9. The Kier molecular flexibility index (Phi) is 5.09. The summed E-state index contributed by atoms with van der Waals surface area (Å²) in [5.74, 6) is 0. The third-order valence-electron chi connectivity index (χ3n) is 4.04. The molecule has 0 aliphatic rings. The smallest absolute Gasteiger partial charge is 0.324 e. The van der Waals surface area contributed by atoms with E-state index in [0.717, 1.165) is 16.8 Å². The molecule has 0 amide bonds. The van der Waals surface area contributed by atoms with Gasteiger partial charge in [0, 0.05) is 36.4 Å². The highest BCUT2D eigenvalue weighted by Gasteiger charge is 2.16. The van der Waals surface area contributed by atoms with Gasteiger partial charge in [-0.3, -0.25) is 4.57 Å². The Hall–Kier alpha value is -2.33. The lowest BCUT2D eigenvalue weighted by atomic mass is 10.1. The second kappa shape index (κ2) is 7.28. The normalized spacial score (nSPS) is 11.5. The molecule has 1 aromatic carbocycles. The third-order valence-corrected chi connectivity index (χ3v) is 4.82. The van der Waals surface area contributed by atoms with Crippen LogP contribution in [0.4, 0.5) is 0 Å². The molecule has 3 rings (SSSR count). The van der Waals surface area contributed by atoms with Crippen LogP contribution in [0.1, 0.15) is 5.56 Å². The summed E-state index contributed by atoms with van der Waals surface area (Å²) < 4.78 is 14.8. The van der Waals surface area contributed by atoms with E-state index in [4.69, 9.17) is 9.79 Å². The summed E-state index contributed by atoms with van der Waals surface area (Å²) in [5.41, 5.74) is 4.49. The van der Waals surface area contributed by atoms with Crippen molar-refractivity contribution in [3.05, 3.63) is 78.9 Å². The Labute approximate surface area is 147 Å². The van der Waals surface area contributed by atoms with Crippen LogP contribution in [0.15, 0.2) is 73.3 Å². The number of hydrogen-bond acceptors (Lipinski definition) is 1. The molecular weight excluding hydrogens is 335 g/mol. The fraction of sp³-hybridized carbons (Fsp3) is 0.158. The van der Waals surface area contributed by atoms with Crippen molar-refractivity contribution < 1.29 is 23.5 Å². The molecular formula is C19H21N2O3P+2. The Morgan fingerprint density at radius 2 is 1.36 bits per heavy atom. The molecule has 0 aliphatic carbocycles. The number of aromatic nitrogens is 2. The first-order chi connectivity index (χ1) is 11.9. The molecule has 0 radical (unpaired) electrons. The van der Waals surface area contributed by atoms with Gasteiger partial charge in [0.1, 0.15) is 6.16 Å². The molecule has 0 atom stereocenters. The van der Waals surface area contributed by atoms with Crippen LogP contribution in [0, 0.1) is 6.92 Å². The van der Waals surface area contributed by atoms with Gasteiger partial charge in [-0.15, -0.1) is 0 Å². The van der Waals surface area contributed by atoms with Crippen LogP contribution in [-0.2, 0) is 11.1 Å². The fourth-order valence-electron chi connectivity index (χ4n) is 2.55. The van der Waals surface area contributed by atoms with Crippen molar-refractivity contribution in [3.63, 3.8) is 0 Å². The summed E-state index contributed by atoms with van der Waals surface area (Å²) >= 11 is 0. The SMILES string of the molecule is Cc1ccc(-[n+]2ccc(-c3cc[n+](CCP(=O)(O)O)cc3)cc2)cc1. The molecule has 2 aromatic heterocycles. The fourth-order valence-corrected chi connectivity index (χ4v) is 3.04. The summed E-state index contributed by atoms with van der Waals surface area (Å²) in [4.78, 5) is 17.9. The van der Waals surface area contributed by atoms with E-state index in [0.29, 0.717) is 6.54 Å². The molecule has 0 saturated heterocycles. The molecule has 0 bridgehead atoms. The molecule has 128 valence electrons. The van der Waals surface area contributed by atoms with Gasteiger partial charge in [-0.25, -0.2) is 4.57 Å². The molecule has 3 aromatic rings. The zero-order valence-corrected chi connectivity index (χ0v) is 14.9. The highest BCUT2D eigenvalue weighted by atomic mass is 31.2. The maximum absolute atomic E-state index is 10.9. The number of pyridine rings is 2. The van der Waals surface area contributed by atoms with E-state index in [1.807, 2.05) is 36.9 Å². The number of hydrogen-bond donors (Lipinski definition) is 2. The van der Waals surface area contributed by atoms with Crippen LogP contribution in [0.3, 0.4) is 0 Å². The second-order valence-electron chi connectivity index (χ2n) is 6.04. The van der Waals surface area contributed by atoms with Gasteiger partial charge in [0.25, 0.3) is 0 Å². The maximum Gasteiger partial charge on any atom is 0.331 e. The number of benzene rings is 1. The summed E-state index contributed by atoms with van der Waals surface area (Å²) in [6, 6.07) is 16.3. The summed E-state index contributed by atoms with van der Waals surface area (Å²) in [6.45, 7) is 2.37. The molecule has 0 spiro atoms. The van der Waals surface area contributed by atoms with Crippen molar-refractivity contribution in [3.8, 4) is 16.8 Å². The Morgan fingerprint density at radius 1 is 0.840 bits per heavy atom. The summed E-state index contributed by atoms with van der Waals surface area (Å²) in [6.07, 6.45) is 7.57. The monoisotopic (exact) mass is 356 g/mol. The van der Waals surface area contributed by atoms with Gasteiger partial charge in [0.05, 0.1) is 0 Å². The van der Waals surface area contributed by atoms with Gasteiger partial charge in [0.2, 0.25) is 5.69 Å². The van der Waals surface area contributed by atoms with Crippen LogP contribution >= 0.6 is 7.60 Å². The highest BCUT2D eigenvalue weighted by Crippen LogP contribution is 2.33. The lowest BCUT2D eigenvalue weighted by Crippen LogP contribution is -2.34. The Bertz CT molecular complexity index is 885. The minimum absolute atomic E-state index is 0.154. The van der Waals surface area contributed by atoms with Crippen LogP contribution in [0.5, 0.6) is 0 Å². The summed E-state index contributed by atoms with van der Waals surface area (Å²) in [7, 11) is -3.96. The lowest BCUT2D eigenvalue weighted by molar-refractivity contribution is -0.692. The third kappa shape index (κ3) is 4.83. The molecule has 0 unspecified atom stereocenters. The molecule has 5 nitrogen and oxygen atoms in total. The van der Waals surface area contributed by atoms with Crippen LogP contribution in [0.25, 0.3) is 16.8 Å². The quantitative estimate of drug-likeness (QED) is 0.545. The van der Waals surface area contributed by atoms with E-state index in [2.05, 4.69) is 47.9 Å². The van der Waals surface area contributed by atoms with Gasteiger partial charge in [-0.05, 0) is 18.1 Å². The van der Waals surface area contributed by atoms with E-state index in [-0.39, 0.29) is 6.16 Å². The van der Waals surface area contributed by atoms with E-state index < -0.39 is 7.60 Å². The van der Waals surface area contributed by atoms with E-state index in [1.165, 1.54) is 5.56 Å². The van der Waals surface area contributed by atoms with Crippen molar-refractivity contribution in [2.45, 2.75) is 13.5 Å². The van der Waals surface area contributed by atoms with Crippen LogP contribution in [0.2, 0.25) is 0 Å². The van der Waals surface area contributed by atoms with E-state index in [1.54, 1.807) is 4.57 Å². The minimum atomic E-state index is -3.96. The van der Waals surface area contributed by atoms with Crippen molar-refractivity contribution in [1.29, 1.82) is 0 Å². The first-order valence-corrected chi connectivity index (χ1v) is 9.83. The standard InChI is InChI=1S/C19H19N2O3P/c1-16-2-4-19(5-3-16)21-12-8-18(9-13-21)17-6-10-20(11-7-17)14-15-25(22,23)24/h2-13H,14-15H2,1H3/p+2. The molecule has 2 N–H and O–H groups in total. The van der Waals surface area contributed by atoms with Crippen molar-refractivity contribution in [2.24, 2.45) is 0 Å². The molecule has 6 heteroatoms. The Morgan fingerprint density at radius 3 is 1.88 bits per heavy atom. The van der Waals surface area contributed by atoms with Gasteiger partial charge < -0.3 is 9.79 Å². The van der Waals surface area contributed by atoms with Gasteiger partial charge in [-0.2, -0.15) is 4.57 Å². The minimum Gasteiger partial charge on any atom is -0.324 e. The number of aryl methyl sites for hydroxylation is 2. The predicted molar refractivity (Wildman–Crippen MR) is 95.3 cm³/mol.